The largest absolute Gasteiger partial charge is 0.507 e. The smallest absolute Gasteiger partial charge is 0.248 e. The lowest BCUT2D eigenvalue weighted by molar-refractivity contribution is -0.123. The van der Waals surface area contributed by atoms with Crippen molar-refractivity contribution in [3.63, 3.8) is 0 Å². The van der Waals surface area contributed by atoms with Crippen LogP contribution in [0.5, 0.6) is 5.75 Å². The van der Waals surface area contributed by atoms with E-state index in [0.29, 0.717) is 24.1 Å². The standard InChI is InChI=1S/C17H20N4O3/c1-3-5-12-6-4-7-13(16(12)23)10-18-20-15(22)9-8-14-11(2)19-21-17(14)24/h3-4,6-7,10,14,23H,1,5,8-9H2,2H3,(H,20,22)(H,21,24)/b18-10+. The molecule has 126 valence electrons. The molecule has 1 aromatic carbocycles. The summed E-state index contributed by atoms with van der Waals surface area (Å²) in [5.41, 5.74) is 6.70. The van der Waals surface area contributed by atoms with E-state index in [9.17, 15) is 14.7 Å². The summed E-state index contributed by atoms with van der Waals surface area (Å²) in [6.45, 7) is 5.38. The van der Waals surface area contributed by atoms with Crippen molar-refractivity contribution in [2.45, 2.75) is 26.2 Å². The van der Waals surface area contributed by atoms with E-state index in [0.717, 1.165) is 5.56 Å². The lowest BCUT2D eigenvalue weighted by atomic mass is 9.99. The first-order valence-corrected chi connectivity index (χ1v) is 7.60. The molecule has 3 N–H and O–H groups in total. The van der Waals surface area contributed by atoms with E-state index in [1.165, 1.54) is 6.21 Å². The number of allylic oxidation sites excluding steroid dienone is 1. The van der Waals surface area contributed by atoms with Crippen molar-refractivity contribution in [1.82, 2.24) is 10.9 Å². The van der Waals surface area contributed by atoms with Crippen molar-refractivity contribution < 1.29 is 14.7 Å². The van der Waals surface area contributed by atoms with Crippen LogP contribution >= 0.6 is 0 Å². The highest BCUT2D eigenvalue weighted by atomic mass is 16.3. The minimum atomic E-state index is -0.362. The second-order valence-electron chi connectivity index (χ2n) is 5.46. The van der Waals surface area contributed by atoms with Crippen molar-refractivity contribution in [1.29, 1.82) is 0 Å². The first kappa shape index (κ1) is 17.4. The van der Waals surface area contributed by atoms with Crippen LogP contribution < -0.4 is 10.9 Å². The molecular weight excluding hydrogens is 308 g/mol. The van der Waals surface area contributed by atoms with Crippen molar-refractivity contribution in [3.8, 4) is 5.75 Å². The number of rotatable bonds is 7. The van der Waals surface area contributed by atoms with Crippen LogP contribution in [0.1, 0.15) is 30.9 Å². The molecule has 1 heterocycles. The molecule has 0 aromatic heterocycles. The van der Waals surface area contributed by atoms with E-state index in [-0.39, 0.29) is 29.9 Å². The van der Waals surface area contributed by atoms with E-state index >= 15 is 0 Å². The zero-order chi connectivity index (χ0) is 17.5. The number of phenolic OH excluding ortho intramolecular Hbond substituents is 1. The number of carbonyl (C=O) groups excluding carboxylic acids is 2. The summed E-state index contributed by atoms with van der Waals surface area (Å²) in [5, 5.41) is 17.8. The van der Waals surface area contributed by atoms with Crippen LogP contribution in [0.4, 0.5) is 0 Å². The van der Waals surface area contributed by atoms with Crippen molar-refractivity contribution >= 4 is 23.7 Å². The summed E-state index contributed by atoms with van der Waals surface area (Å²) >= 11 is 0. The van der Waals surface area contributed by atoms with Crippen LogP contribution in [0.3, 0.4) is 0 Å². The van der Waals surface area contributed by atoms with Crippen molar-refractivity contribution in [2.24, 2.45) is 16.1 Å². The van der Waals surface area contributed by atoms with Gasteiger partial charge in [0.05, 0.1) is 12.1 Å². The van der Waals surface area contributed by atoms with Gasteiger partial charge in [-0.15, -0.1) is 6.58 Å². The van der Waals surface area contributed by atoms with Gasteiger partial charge in [-0.25, -0.2) is 10.9 Å². The van der Waals surface area contributed by atoms with Gasteiger partial charge in [-0.05, 0) is 31.4 Å². The maximum Gasteiger partial charge on any atom is 0.248 e. The molecule has 0 saturated carbocycles. The maximum absolute atomic E-state index is 11.8. The molecule has 0 saturated heterocycles. The van der Waals surface area contributed by atoms with E-state index in [2.05, 4.69) is 27.6 Å². The zero-order valence-electron chi connectivity index (χ0n) is 13.5. The summed E-state index contributed by atoms with van der Waals surface area (Å²) in [6.07, 6.45) is 4.16. The summed E-state index contributed by atoms with van der Waals surface area (Å²) < 4.78 is 0. The average Bonchev–Trinajstić information content (AvgIpc) is 2.87. The van der Waals surface area contributed by atoms with E-state index in [1.807, 2.05) is 0 Å². The van der Waals surface area contributed by atoms with E-state index < -0.39 is 0 Å². The zero-order valence-corrected chi connectivity index (χ0v) is 13.5. The van der Waals surface area contributed by atoms with Gasteiger partial charge >= 0.3 is 0 Å². The first-order valence-electron chi connectivity index (χ1n) is 7.60. The molecule has 0 fully saturated rings. The Morgan fingerprint density at radius 3 is 3.00 bits per heavy atom. The fourth-order valence-electron chi connectivity index (χ4n) is 2.37. The Balaban J connectivity index is 1.86. The molecule has 1 aliphatic heterocycles. The molecule has 1 aromatic rings. The third kappa shape index (κ3) is 4.28. The van der Waals surface area contributed by atoms with Gasteiger partial charge in [-0.3, -0.25) is 9.59 Å². The predicted molar refractivity (Wildman–Crippen MR) is 91.7 cm³/mol. The third-order valence-corrected chi connectivity index (χ3v) is 3.73. The monoisotopic (exact) mass is 328 g/mol. The molecular formula is C17H20N4O3. The van der Waals surface area contributed by atoms with E-state index in [1.54, 1.807) is 31.2 Å². The quantitative estimate of drug-likeness (QED) is 0.401. The number of phenols is 1. The number of hydrazone groups is 2. The fourth-order valence-corrected chi connectivity index (χ4v) is 2.37. The Labute approximate surface area is 140 Å². The van der Waals surface area contributed by atoms with Crippen LogP contribution in [-0.4, -0.2) is 28.8 Å². The average molecular weight is 328 g/mol. The molecule has 24 heavy (non-hydrogen) atoms. The summed E-state index contributed by atoms with van der Waals surface area (Å²) in [5.74, 6) is -0.738. The lowest BCUT2D eigenvalue weighted by Gasteiger charge is -2.06. The number of aromatic hydroxyl groups is 1. The molecule has 0 radical (unpaired) electrons. The molecule has 7 nitrogen and oxygen atoms in total. The minimum Gasteiger partial charge on any atom is -0.507 e. The molecule has 1 atom stereocenters. The first-order chi connectivity index (χ1) is 11.5. The van der Waals surface area contributed by atoms with Gasteiger partial charge in [-0.2, -0.15) is 10.2 Å². The topological polar surface area (TPSA) is 103 Å². The van der Waals surface area contributed by atoms with Gasteiger partial charge < -0.3 is 5.11 Å². The van der Waals surface area contributed by atoms with Crippen molar-refractivity contribution in [2.75, 3.05) is 0 Å². The van der Waals surface area contributed by atoms with Crippen LogP contribution in [0, 0.1) is 5.92 Å². The Hall–Kier alpha value is -2.96. The molecule has 0 aliphatic carbocycles. The highest BCUT2D eigenvalue weighted by molar-refractivity contribution is 6.07. The van der Waals surface area contributed by atoms with Gasteiger partial charge in [0.1, 0.15) is 5.75 Å². The van der Waals surface area contributed by atoms with E-state index in [4.69, 9.17) is 0 Å². The normalized spacial score (nSPS) is 16.8. The summed E-state index contributed by atoms with van der Waals surface area (Å²) in [6, 6.07) is 5.28. The second-order valence-corrected chi connectivity index (χ2v) is 5.46. The van der Waals surface area contributed by atoms with Gasteiger partial charge in [0.2, 0.25) is 11.8 Å². The number of benzene rings is 1. The SMILES string of the molecule is C=CCc1cccc(/C=N/NC(=O)CCC2C(=O)NN=C2C)c1O. The van der Waals surface area contributed by atoms with Crippen LogP contribution in [0.15, 0.2) is 41.1 Å². The molecule has 2 rings (SSSR count). The Kier molecular flexibility index (Phi) is 5.83. The lowest BCUT2D eigenvalue weighted by Crippen LogP contribution is -2.25. The van der Waals surface area contributed by atoms with Gasteiger partial charge in [-0.1, -0.05) is 18.2 Å². The molecule has 7 heteroatoms. The van der Waals surface area contributed by atoms with Crippen LogP contribution in [-0.2, 0) is 16.0 Å². The maximum atomic E-state index is 11.8. The summed E-state index contributed by atoms with van der Waals surface area (Å²) in [4.78, 5) is 23.3. The molecule has 1 aliphatic rings. The molecule has 0 spiro atoms. The van der Waals surface area contributed by atoms with Gasteiger partial charge in [0.25, 0.3) is 0 Å². The number of nitrogens with one attached hydrogen (secondary N) is 2. The Morgan fingerprint density at radius 1 is 1.54 bits per heavy atom. The highest BCUT2D eigenvalue weighted by Crippen LogP contribution is 2.21. The predicted octanol–water partition coefficient (Wildman–Crippen LogP) is 1.47. The van der Waals surface area contributed by atoms with Crippen LogP contribution in [0.2, 0.25) is 0 Å². The Morgan fingerprint density at radius 2 is 2.33 bits per heavy atom. The number of nitrogens with zero attached hydrogens (tertiary/aromatic N) is 2. The fraction of sp³-hybridized carbons (Fsp3) is 0.294. The second kappa shape index (κ2) is 8.05. The molecule has 0 bridgehead atoms. The van der Waals surface area contributed by atoms with Gasteiger partial charge in [0, 0.05) is 17.7 Å². The summed E-state index contributed by atoms with van der Waals surface area (Å²) in [7, 11) is 0. The molecule has 2 amide bonds. The number of carbonyl (C=O) groups is 2. The number of amides is 2. The third-order valence-electron chi connectivity index (χ3n) is 3.73. The number of para-hydroxylation sites is 1. The molecule has 1 unspecified atom stereocenters. The number of hydrogen-bond donors (Lipinski definition) is 3. The van der Waals surface area contributed by atoms with Crippen molar-refractivity contribution in [3.05, 3.63) is 42.0 Å². The van der Waals surface area contributed by atoms with Gasteiger partial charge in [0.15, 0.2) is 0 Å². The van der Waals surface area contributed by atoms with Crippen LogP contribution in [0.25, 0.3) is 0 Å². The minimum absolute atomic E-state index is 0.116. The number of hydrogen-bond acceptors (Lipinski definition) is 5. The Bertz CT molecular complexity index is 710. The highest BCUT2D eigenvalue weighted by Gasteiger charge is 2.26.